The molecule has 13 heteroatoms. The highest BCUT2D eigenvalue weighted by molar-refractivity contribution is 6.90. The van der Waals surface area contributed by atoms with Crippen LogP contribution < -0.4 is 5.32 Å². The van der Waals surface area contributed by atoms with Crippen LogP contribution in [0.25, 0.3) is 0 Å². The van der Waals surface area contributed by atoms with Crippen LogP contribution in [0, 0.1) is 0 Å². The van der Waals surface area contributed by atoms with Gasteiger partial charge in [-0.1, -0.05) is 6.58 Å². The van der Waals surface area contributed by atoms with E-state index < -0.39 is 45.8 Å². The van der Waals surface area contributed by atoms with Crippen LogP contribution in [0.1, 0.15) is 13.3 Å². The molecule has 0 aromatic heterocycles. The first-order valence-corrected chi connectivity index (χ1v) is 23.9. The minimum absolute atomic E-state index is 0.0570. The molecule has 0 bridgehead atoms. The molecule has 34 heavy (non-hydrogen) atoms. The van der Waals surface area contributed by atoms with E-state index >= 15 is 0 Å². The van der Waals surface area contributed by atoms with Gasteiger partial charge in [0.25, 0.3) is 0 Å². The third-order valence-corrected chi connectivity index (χ3v) is 15.6. The molecule has 0 spiro atoms. The molecular weight excluding hydrogens is 507 g/mol. The summed E-state index contributed by atoms with van der Waals surface area (Å²) in [7, 11) is -8.53. The predicted molar refractivity (Wildman–Crippen MR) is 144 cm³/mol. The Balaban J connectivity index is 4.49. The van der Waals surface area contributed by atoms with Gasteiger partial charge in [-0.25, -0.2) is 9.59 Å². The van der Waals surface area contributed by atoms with E-state index in [9.17, 15) is 9.59 Å². The molecule has 9 nitrogen and oxygen atoms in total. The first-order chi connectivity index (χ1) is 15.3. The average Bonchev–Trinajstić information content (AvgIpc) is 2.59. The van der Waals surface area contributed by atoms with Gasteiger partial charge in [0.2, 0.25) is 0 Å². The van der Waals surface area contributed by atoms with Crippen molar-refractivity contribution in [3.05, 3.63) is 12.2 Å². The number of carbonyl (C=O) groups excluding carboxylic acids is 2. The van der Waals surface area contributed by atoms with Crippen LogP contribution >= 0.6 is 0 Å². The Kier molecular flexibility index (Phi) is 14.3. The van der Waals surface area contributed by atoms with E-state index in [1.807, 2.05) is 0 Å². The molecular formula is C21H47NO8Si4. The molecule has 1 amide bonds. The number of hydrogen-bond acceptors (Lipinski definition) is 8. The van der Waals surface area contributed by atoms with Crippen molar-refractivity contribution in [3.8, 4) is 0 Å². The maximum absolute atomic E-state index is 11.7. The van der Waals surface area contributed by atoms with Crippen LogP contribution in [0.5, 0.6) is 0 Å². The summed E-state index contributed by atoms with van der Waals surface area (Å²) in [6.07, 6.45) is 0.156. The van der Waals surface area contributed by atoms with Crippen molar-refractivity contribution in [1.82, 2.24) is 5.32 Å². The molecule has 1 N–H and O–H groups in total. The van der Waals surface area contributed by atoms with Gasteiger partial charge in [0.15, 0.2) is 25.0 Å². The smallest absolute Gasteiger partial charge is 0.460 e. The zero-order valence-corrected chi connectivity index (χ0v) is 26.9. The number of amides is 1. The Bertz CT molecular complexity index is 616. The lowest BCUT2D eigenvalue weighted by Gasteiger charge is -2.42. The summed E-state index contributed by atoms with van der Waals surface area (Å²) in [4.78, 5) is 22.9. The third kappa shape index (κ3) is 18.5. The molecule has 200 valence electrons. The van der Waals surface area contributed by atoms with Crippen molar-refractivity contribution < 1.29 is 36.1 Å². The highest BCUT2D eigenvalue weighted by atomic mass is 28.5. The predicted octanol–water partition coefficient (Wildman–Crippen LogP) is 4.73. The SMILES string of the molecule is C=C(C)C(=O)OCCNC(=O)OCCOCCC[Si](O[Si](C)(C)C)(O[Si](C)(C)C)O[Si](C)(C)C. The summed E-state index contributed by atoms with van der Waals surface area (Å²) in [5.74, 6) is -0.489. The molecule has 0 saturated heterocycles. The number of esters is 1. The first-order valence-electron chi connectivity index (χ1n) is 11.8. The molecule has 0 radical (unpaired) electrons. The molecule has 0 aliphatic heterocycles. The highest BCUT2D eigenvalue weighted by Gasteiger charge is 2.49. The van der Waals surface area contributed by atoms with E-state index in [2.05, 4.69) is 70.8 Å². The second kappa shape index (κ2) is 14.7. The van der Waals surface area contributed by atoms with Gasteiger partial charge in [-0.05, 0) is 72.3 Å². The van der Waals surface area contributed by atoms with Crippen LogP contribution in [0.2, 0.25) is 65.0 Å². The van der Waals surface area contributed by atoms with Crippen LogP contribution in [0.15, 0.2) is 12.2 Å². The van der Waals surface area contributed by atoms with Gasteiger partial charge in [-0.15, -0.1) is 0 Å². The second-order valence-electron chi connectivity index (χ2n) is 11.0. The van der Waals surface area contributed by atoms with Crippen LogP contribution in [0.3, 0.4) is 0 Å². The summed E-state index contributed by atoms with van der Waals surface area (Å²) in [6, 6.07) is 0.704. The lowest BCUT2D eigenvalue weighted by molar-refractivity contribution is -0.138. The Morgan fingerprint density at radius 2 is 1.24 bits per heavy atom. The fourth-order valence-electron chi connectivity index (χ4n) is 2.77. The van der Waals surface area contributed by atoms with E-state index in [1.165, 1.54) is 0 Å². The van der Waals surface area contributed by atoms with Gasteiger partial charge in [0.05, 0.1) is 13.2 Å². The fraction of sp³-hybridized carbons (Fsp3) is 0.810. The Morgan fingerprint density at radius 3 is 1.68 bits per heavy atom. The minimum Gasteiger partial charge on any atom is -0.460 e. The minimum atomic E-state index is -2.85. The summed E-state index contributed by atoms with van der Waals surface area (Å²) >= 11 is 0. The lowest BCUT2D eigenvalue weighted by Crippen LogP contribution is -2.60. The normalized spacial score (nSPS) is 12.9. The molecule has 0 unspecified atom stereocenters. The van der Waals surface area contributed by atoms with Gasteiger partial charge >= 0.3 is 20.9 Å². The number of hydrogen-bond donors (Lipinski definition) is 1. The average molecular weight is 554 g/mol. The summed E-state index contributed by atoms with van der Waals surface area (Å²) < 4.78 is 35.5. The van der Waals surface area contributed by atoms with Gasteiger partial charge in [-0.3, -0.25) is 0 Å². The van der Waals surface area contributed by atoms with E-state index in [4.69, 9.17) is 26.6 Å². The van der Waals surface area contributed by atoms with Crippen molar-refractivity contribution in [3.63, 3.8) is 0 Å². The van der Waals surface area contributed by atoms with Crippen LogP contribution in [-0.4, -0.2) is 78.8 Å². The Morgan fingerprint density at radius 1 is 0.735 bits per heavy atom. The number of alkyl carbamates (subject to hydrolysis) is 1. The molecule has 0 aliphatic carbocycles. The topological polar surface area (TPSA) is 102 Å². The molecule has 0 atom stereocenters. The van der Waals surface area contributed by atoms with Crippen molar-refractivity contribution >= 4 is 45.8 Å². The van der Waals surface area contributed by atoms with E-state index in [-0.39, 0.29) is 26.4 Å². The number of ether oxygens (including phenoxy) is 3. The molecule has 0 aliphatic rings. The first kappa shape index (κ1) is 33.2. The van der Waals surface area contributed by atoms with Gasteiger partial charge in [-0.2, -0.15) is 0 Å². The Labute approximate surface area is 210 Å². The van der Waals surface area contributed by atoms with Crippen molar-refractivity contribution in [2.75, 3.05) is 33.0 Å². The van der Waals surface area contributed by atoms with Crippen molar-refractivity contribution in [1.29, 1.82) is 0 Å². The summed E-state index contributed by atoms with van der Waals surface area (Å²) in [6.45, 7) is 25.7. The quantitative estimate of drug-likeness (QED) is 0.119. The van der Waals surface area contributed by atoms with E-state index in [0.717, 1.165) is 6.42 Å². The Hall–Kier alpha value is -0.812. The molecule has 0 saturated carbocycles. The van der Waals surface area contributed by atoms with E-state index in [1.54, 1.807) is 6.92 Å². The molecule has 0 aromatic rings. The maximum Gasteiger partial charge on any atom is 0.469 e. The monoisotopic (exact) mass is 553 g/mol. The highest BCUT2D eigenvalue weighted by Crippen LogP contribution is 2.29. The standard InChI is InChI=1S/C21H47NO8Si4/c1-19(2)20(23)26-15-13-22-21(24)27-17-16-25-14-12-18-34(28-31(3,4)5,29-32(6,7)8)30-33(9,10)11/h1,12-18H2,2-11H3,(H,22,24). The van der Waals surface area contributed by atoms with Gasteiger partial charge < -0.3 is 31.9 Å². The molecule has 0 aromatic carbocycles. The lowest BCUT2D eigenvalue weighted by atomic mass is 10.4. The van der Waals surface area contributed by atoms with Crippen LogP contribution in [-0.2, 0) is 31.4 Å². The maximum atomic E-state index is 11.7. The van der Waals surface area contributed by atoms with Gasteiger partial charge in [0.1, 0.15) is 13.2 Å². The summed E-state index contributed by atoms with van der Waals surface area (Å²) in [5, 5.41) is 2.51. The van der Waals surface area contributed by atoms with E-state index in [0.29, 0.717) is 18.2 Å². The number of rotatable bonds is 17. The second-order valence-corrected chi connectivity index (χ2v) is 28.0. The zero-order chi connectivity index (χ0) is 26.6. The largest absolute Gasteiger partial charge is 0.469 e. The van der Waals surface area contributed by atoms with Crippen molar-refractivity contribution in [2.24, 2.45) is 0 Å². The van der Waals surface area contributed by atoms with Crippen molar-refractivity contribution in [2.45, 2.75) is 78.3 Å². The molecule has 0 heterocycles. The molecule has 0 fully saturated rings. The van der Waals surface area contributed by atoms with Crippen LogP contribution in [0.4, 0.5) is 4.79 Å². The number of nitrogens with one attached hydrogen (secondary N) is 1. The fourth-order valence-corrected chi connectivity index (χ4v) is 17.4. The molecule has 0 rings (SSSR count). The third-order valence-electron chi connectivity index (χ3n) is 3.57. The number of carbonyl (C=O) groups is 2. The van der Waals surface area contributed by atoms with Gasteiger partial charge in [0, 0.05) is 18.2 Å². The zero-order valence-electron chi connectivity index (χ0n) is 22.9. The summed E-state index contributed by atoms with van der Waals surface area (Å²) in [5.41, 5.74) is 0.311.